The fraction of sp³-hybridized carbons (Fsp3) is 0.455. The first-order chi connectivity index (χ1) is 6.77. The van der Waals surface area contributed by atoms with Gasteiger partial charge in [-0.3, -0.25) is 0 Å². The lowest BCUT2D eigenvalue weighted by molar-refractivity contribution is 0.253. The molecule has 1 aliphatic rings. The first kappa shape index (κ1) is 10.0. The summed E-state index contributed by atoms with van der Waals surface area (Å²) in [5, 5.41) is 2.04. The molecule has 1 aromatic rings. The standard InChI is InChI=1S/C11H16N2S/c1-13(2)12-11-8-14-7-9-5-3-4-6-10(9)11/h3-6,11-12H,7-8H2,1-2H3. The van der Waals surface area contributed by atoms with E-state index in [1.807, 2.05) is 30.9 Å². The Kier molecular flexibility index (Phi) is 3.11. The van der Waals surface area contributed by atoms with Crippen LogP contribution >= 0.6 is 11.8 Å². The van der Waals surface area contributed by atoms with Crippen LogP contribution in [0.15, 0.2) is 24.3 Å². The van der Waals surface area contributed by atoms with Crippen molar-refractivity contribution in [1.82, 2.24) is 10.4 Å². The Morgan fingerprint density at radius 2 is 2.14 bits per heavy atom. The number of rotatable bonds is 2. The highest BCUT2D eigenvalue weighted by Crippen LogP contribution is 2.31. The van der Waals surface area contributed by atoms with Gasteiger partial charge in [-0.1, -0.05) is 24.3 Å². The van der Waals surface area contributed by atoms with Crippen molar-refractivity contribution in [2.24, 2.45) is 0 Å². The maximum atomic E-state index is 3.45. The third-order valence-corrected chi connectivity index (χ3v) is 3.47. The fourth-order valence-electron chi connectivity index (χ4n) is 1.80. The van der Waals surface area contributed by atoms with Gasteiger partial charge in [-0.2, -0.15) is 11.8 Å². The molecule has 2 rings (SSSR count). The van der Waals surface area contributed by atoms with E-state index in [0.717, 1.165) is 11.5 Å². The SMILES string of the molecule is CN(C)NC1CSCc2ccccc21. The van der Waals surface area contributed by atoms with Gasteiger partial charge in [-0.05, 0) is 11.1 Å². The van der Waals surface area contributed by atoms with Crippen LogP contribution in [0.4, 0.5) is 0 Å². The molecule has 14 heavy (non-hydrogen) atoms. The lowest BCUT2D eigenvalue weighted by atomic mass is 10.0. The number of hydrogen-bond acceptors (Lipinski definition) is 3. The molecule has 0 aromatic heterocycles. The Hall–Kier alpha value is -0.510. The summed E-state index contributed by atoms with van der Waals surface area (Å²) in [5.74, 6) is 2.32. The van der Waals surface area contributed by atoms with E-state index in [9.17, 15) is 0 Å². The molecule has 0 amide bonds. The number of hydrazine groups is 1. The Morgan fingerprint density at radius 3 is 2.93 bits per heavy atom. The van der Waals surface area contributed by atoms with Gasteiger partial charge in [0.05, 0.1) is 6.04 Å². The normalized spacial score (nSPS) is 20.9. The Balaban J connectivity index is 2.22. The molecule has 1 heterocycles. The Morgan fingerprint density at radius 1 is 1.36 bits per heavy atom. The summed E-state index contributed by atoms with van der Waals surface area (Å²) in [7, 11) is 4.09. The van der Waals surface area contributed by atoms with Crippen LogP contribution in [-0.4, -0.2) is 24.9 Å². The van der Waals surface area contributed by atoms with Crippen molar-refractivity contribution in [2.45, 2.75) is 11.8 Å². The second kappa shape index (κ2) is 4.34. The predicted molar refractivity (Wildman–Crippen MR) is 62.2 cm³/mol. The van der Waals surface area contributed by atoms with Gasteiger partial charge in [0.1, 0.15) is 0 Å². The molecule has 3 heteroatoms. The van der Waals surface area contributed by atoms with E-state index in [1.165, 1.54) is 11.1 Å². The molecule has 0 bridgehead atoms. The maximum Gasteiger partial charge on any atom is 0.0558 e. The molecule has 1 unspecified atom stereocenters. The van der Waals surface area contributed by atoms with Gasteiger partial charge in [-0.15, -0.1) is 0 Å². The quantitative estimate of drug-likeness (QED) is 0.749. The molecule has 0 fully saturated rings. The molecule has 1 aliphatic heterocycles. The van der Waals surface area contributed by atoms with Crippen molar-refractivity contribution >= 4 is 11.8 Å². The summed E-state index contributed by atoms with van der Waals surface area (Å²) in [6, 6.07) is 9.18. The molecule has 1 aromatic carbocycles. The molecule has 0 radical (unpaired) electrons. The number of nitrogens with zero attached hydrogens (tertiary/aromatic N) is 1. The molecular weight excluding hydrogens is 192 g/mol. The lowest BCUT2D eigenvalue weighted by Gasteiger charge is -2.28. The number of thioether (sulfide) groups is 1. The van der Waals surface area contributed by atoms with E-state index in [2.05, 4.69) is 29.7 Å². The zero-order chi connectivity index (χ0) is 9.97. The molecule has 0 aliphatic carbocycles. The van der Waals surface area contributed by atoms with Crippen LogP contribution in [0.5, 0.6) is 0 Å². The van der Waals surface area contributed by atoms with E-state index in [1.54, 1.807) is 0 Å². The number of fused-ring (bicyclic) bond motifs is 1. The van der Waals surface area contributed by atoms with E-state index < -0.39 is 0 Å². The average molecular weight is 208 g/mol. The van der Waals surface area contributed by atoms with Gasteiger partial charge in [-0.25, -0.2) is 10.4 Å². The second-order valence-electron chi connectivity index (χ2n) is 3.79. The van der Waals surface area contributed by atoms with E-state index >= 15 is 0 Å². The van der Waals surface area contributed by atoms with E-state index in [4.69, 9.17) is 0 Å². The van der Waals surface area contributed by atoms with Gasteiger partial charge in [0.2, 0.25) is 0 Å². The van der Waals surface area contributed by atoms with Crippen molar-refractivity contribution in [2.75, 3.05) is 19.8 Å². The lowest BCUT2D eigenvalue weighted by Crippen LogP contribution is -2.36. The zero-order valence-corrected chi connectivity index (χ0v) is 9.47. The summed E-state index contributed by atoms with van der Waals surface area (Å²) >= 11 is 2.00. The van der Waals surface area contributed by atoms with Crippen LogP contribution in [0.25, 0.3) is 0 Å². The summed E-state index contributed by atoms with van der Waals surface area (Å²) in [6.07, 6.45) is 0. The molecule has 0 saturated carbocycles. The Labute approximate surface area is 89.7 Å². The minimum Gasteiger partial charge on any atom is -0.250 e. The minimum absolute atomic E-state index is 0.472. The van der Waals surface area contributed by atoms with E-state index in [0.29, 0.717) is 6.04 Å². The molecule has 1 atom stereocenters. The van der Waals surface area contributed by atoms with Gasteiger partial charge in [0.25, 0.3) is 0 Å². The highest BCUT2D eigenvalue weighted by molar-refractivity contribution is 7.98. The molecular formula is C11H16N2S. The Bertz CT molecular complexity index is 312. The number of nitrogens with one attached hydrogen (secondary N) is 1. The largest absolute Gasteiger partial charge is 0.250 e. The predicted octanol–water partition coefficient (Wildman–Crippen LogP) is 2.04. The van der Waals surface area contributed by atoms with Crippen LogP contribution in [0.1, 0.15) is 17.2 Å². The third-order valence-electron chi connectivity index (χ3n) is 2.39. The minimum atomic E-state index is 0.472. The summed E-state index contributed by atoms with van der Waals surface area (Å²) in [5.41, 5.74) is 6.38. The molecule has 2 nitrogen and oxygen atoms in total. The van der Waals surface area contributed by atoms with Gasteiger partial charge >= 0.3 is 0 Å². The van der Waals surface area contributed by atoms with Crippen molar-refractivity contribution < 1.29 is 0 Å². The average Bonchev–Trinajstić information content (AvgIpc) is 2.18. The monoisotopic (exact) mass is 208 g/mol. The summed E-state index contributed by atoms with van der Waals surface area (Å²) in [4.78, 5) is 0. The van der Waals surface area contributed by atoms with Crippen molar-refractivity contribution in [3.05, 3.63) is 35.4 Å². The topological polar surface area (TPSA) is 15.3 Å². The smallest absolute Gasteiger partial charge is 0.0558 e. The summed E-state index contributed by atoms with van der Waals surface area (Å²) in [6.45, 7) is 0. The molecule has 0 saturated heterocycles. The van der Waals surface area contributed by atoms with Crippen LogP contribution in [0.2, 0.25) is 0 Å². The molecule has 76 valence electrons. The molecule has 0 spiro atoms. The van der Waals surface area contributed by atoms with Gasteiger partial charge < -0.3 is 0 Å². The highest BCUT2D eigenvalue weighted by Gasteiger charge is 2.19. The molecule has 1 N–H and O–H groups in total. The first-order valence-electron chi connectivity index (χ1n) is 4.86. The van der Waals surface area contributed by atoms with Gasteiger partial charge in [0, 0.05) is 25.6 Å². The van der Waals surface area contributed by atoms with E-state index in [-0.39, 0.29) is 0 Å². The fourth-order valence-corrected chi connectivity index (χ4v) is 2.89. The van der Waals surface area contributed by atoms with Crippen LogP contribution < -0.4 is 5.43 Å². The number of hydrogen-bond donors (Lipinski definition) is 1. The van der Waals surface area contributed by atoms with Crippen molar-refractivity contribution in [1.29, 1.82) is 0 Å². The first-order valence-corrected chi connectivity index (χ1v) is 6.02. The van der Waals surface area contributed by atoms with Crippen molar-refractivity contribution in [3.63, 3.8) is 0 Å². The number of benzene rings is 1. The summed E-state index contributed by atoms with van der Waals surface area (Å²) < 4.78 is 0. The zero-order valence-electron chi connectivity index (χ0n) is 8.66. The highest BCUT2D eigenvalue weighted by atomic mass is 32.2. The van der Waals surface area contributed by atoms with Crippen LogP contribution in [0, 0.1) is 0 Å². The third kappa shape index (κ3) is 2.11. The second-order valence-corrected chi connectivity index (χ2v) is 4.82. The van der Waals surface area contributed by atoms with Crippen molar-refractivity contribution in [3.8, 4) is 0 Å². The maximum absolute atomic E-state index is 3.45. The van der Waals surface area contributed by atoms with Crippen LogP contribution in [0.3, 0.4) is 0 Å². The van der Waals surface area contributed by atoms with Gasteiger partial charge in [0.15, 0.2) is 0 Å². The van der Waals surface area contributed by atoms with Crippen LogP contribution in [-0.2, 0) is 5.75 Å².